The molecule has 3 heterocycles. The number of carbonyl (C=O) groups excluding carboxylic acids is 3. The van der Waals surface area contributed by atoms with Crippen LogP contribution in [-0.4, -0.2) is 48.7 Å². The summed E-state index contributed by atoms with van der Waals surface area (Å²) in [7, 11) is 1.68. The summed E-state index contributed by atoms with van der Waals surface area (Å²) in [5, 5.41) is 0. The highest BCUT2D eigenvalue weighted by Gasteiger charge is 2.89. The summed E-state index contributed by atoms with van der Waals surface area (Å²) < 4.78 is 30.2. The second-order valence-electron chi connectivity index (χ2n) is 13.2. The van der Waals surface area contributed by atoms with Gasteiger partial charge in [0.25, 0.3) is 0 Å². The molecule has 10 unspecified atom stereocenters. The van der Waals surface area contributed by atoms with Crippen molar-refractivity contribution in [3.63, 3.8) is 0 Å². The third-order valence-corrected chi connectivity index (χ3v) is 11.7. The summed E-state index contributed by atoms with van der Waals surface area (Å²) in [5.74, 6) is -0.668. The Bertz CT molecular complexity index is 1160. The minimum absolute atomic E-state index is 0.0191. The van der Waals surface area contributed by atoms with E-state index in [-0.39, 0.29) is 35.7 Å². The van der Waals surface area contributed by atoms with Crippen molar-refractivity contribution in [2.24, 2.45) is 33.5 Å². The smallest absolute Gasteiger partial charge is 0.339 e. The Balaban J connectivity index is 1.56. The van der Waals surface area contributed by atoms with Crippen LogP contribution in [0.1, 0.15) is 78.9 Å². The zero-order valence-electron chi connectivity index (χ0n) is 22.8. The van der Waals surface area contributed by atoms with Gasteiger partial charge in [0, 0.05) is 47.7 Å². The predicted octanol–water partition coefficient (Wildman–Crippen LogP) is 4.41. The zero-order valence-corrected chi connectivity index (χ0v) is 22.8. The fourth-order valence-corrected chi connectivity index (χ4v) is 9.96. The molecule has 1 aromatic rings. The first-order chi connectivity index (χ1) is 17.3. The summed E-state index contributed by atoms with van der Waals surface area (Å²) in [6, 6.07) is 1.84. The van der Waals surface area contributed by atoms with Crippen LogP contribution < -0.4 is 0 Å². The van der Waals surface area contributed by atoms with E-state index < -0.39 is 45.6 Å². The molecule has 8 heteroatoms. The van der Waals surface area contributed by atoms with E-state index in [4.69, 9.17) is 23.4 Å². The number of ketones is 1. The number of Topliss-reactive ketones (excluding diaryl/α,β-unsaturated/α-hetero) is 1. The van der Waals surface area contributed by atoms with Crippen LogP contribution in [0, 0.1) is 33.5 Å². The van der Waals surface area contributed by atoms with E-state index >= 15 is 0 Å². The Morgan fingerprint density at radius 2 is 1.78 bits per heavy atom. The SMILES string of the molecule is COC1CC(=O)C(C)(C)C2CC(OC(C)=O)C3(C)C(CCC4(C)C(c5ccoc5)OC(=O)C5OC543)C12C. The normalized spacial score (nSPS) is 49.6. The summed E-state index contributed by atoms with van der Waals surface area (Å²) in [6.07, 6.45) is 3.52. The van der Waals surface area contributed by atoms with Gasteiger partial charge in [-0.25, -0.2) is 4.79 Å². The van der Waals surface area contributed by atoms with E-state index in [0.29, 0.717) is 12.8 Å². The molecule has 202 valence electrons. The molecule has 3 aliphatic carbocycles. The number of fused-ring (bicyclic) bond motifs is 3. The Hall–Kier alpha value is -2.19. The lowest BCUT2D eigenvalue weighted by Crippen LogP contribution is -2.75. The largest absolute Gasteiger partial charge is 0.472 e. The quantitative estimate of drug-likeness (QED) is 0.432. The van der Waals surface area contributed by atoms with Crippen LogP contribution in [-0.2, 0) is 33.3 Å². The molecule has 8 nitrogen and oxygen atoms in total. The topological polar surface area (TPSA) is 105 Å². The molecule has 2 aliphatic heterocycles. The summed E-state index contributed by atoms with van der Waals surface area (Å²) in [6.45, 7) is 12.0. The second-order valence-corrected chi connectivity index (χ2v) is 13.2. The summed E-state index contributed by atoms with van der Waals surface area (Å²) in [5.41, 5.74) is -2.36. The van der Waals surface area contributed by atoms with Crippen LogP contribution >= 0.6 is 0 Å². The zero-order chi connectivity index (χ0) is 26.8. The first-order valence-corrected chi connectivity index (χ1v) is 13.4. The van der Waals surface area contributed by atoms with Crippen molar-refractivity contribution in [2.45, 2.75) is 97.2 Å². The number of furan rings is 1. The molecular weight excluding hydrogens is 476 g/mol. The van der Waals surface area contributed by atoms with Crippen molar-refractivity contribution in [1.29, 1.82) is 0 Å². The Morgan fingerprint density at radius 3 is 2.41 bits per heavy atom. The lowest BCUT2D eigenvalue weighted by Gasteiger charge is -2.70. The van der Waals surface area contributed by atoms with Gasteiger partial charge in [0.05, 0.1) is 18.6 Å². The maximum absolute atomic E-state index is 13.4. The van der Waals surface area contributed by atoms with Gasteiger partial charge in [-0.2, -0.15) is 0 Å². The lowest BCUT2D eigenvalue weighted by molar-refractivity contribution is -0.281. The molecule has 5 aliphatic rings. The number of carbonyl (C=O) groups is 3. The summed E-state index contributed by atoms with van der Waals surface area (Å²) in [4.78, 5) is 39.2. The van der Waals surface area contributed by atoms with Crippen molar-refractivity contribution in [3.8, 4) is 0 Å². The van der Waals surface area contributed by atoms with Crippen LogP contribution in [0.2, 0.25) is 0 Å². The van der Waals surface area contributed by atoms with Gasteiger partial charge in [-0.15, -0.1) is 0 Å². The van der Waals surface area contributed by atoms with Gasteiger partial charge in [0.15, 0.2) is 6.10 Å². The molecule has 10 atom stereocenters. The number of ether oxygens (including phenoxy) is 4. The molecule has 0 amide bonds. The first kappa shape index (κ1) is 25.1. The van der Waals surface area contributed by atoms with Crippen molar-refractivity contribution in [3.05, 3.63) is 24.2 Å². The molecule has 0 N–H and O–H groups in total. The van der Waals surface area contributed by atoms with Gasteiger partial charge < -0.3 is 23.4 Å². The number of esters is 2. The molecule has 1 spiro atoms. The molecule has 0 radical (unpaired) electrons. The lowest BCUT2D eigenvalue weighted by atomic mass is 9.34. The maximum atomic E-state index is 13.4. The molecular formula is C29H38O8. The third kappa shape index (κ3) is 2.74. The fourth-order valence-electron chi connectivity index (χ4n) is 9.96. The standard InChI is InChI=1S/C29H38O8/c1-15(30)35-21-12-18-25(2,3)19(31)13-20(33-7)27(18,5)17-8-10-26(4)22(16-9-11-34-14-16)36-24(32)23-29(26,37-23)28(17,21)6/h9,11,14,17-18,20-23H,8,10,12-13H2,1-7H3. The average molecular weight is 515 g/mol. The number of epoxide rings is 1. The molecule has 6 rings (SSSR count). The molecule has 3 saturated carbocycles. The van der Waals surface area contributed by atoms with Gasteiger partial charge in [-0.05, 0) is 37.2 Å². The van der Waals surface area contributed by atoms with Crippen LogP contribution in [0.3, 0.4) is 0 Å². The van der Waals surface area contributed by atoms with E-state index in [2.05, 4.69) is 20.8 Å². The van der Waals surface area contributed by atoms with Crippen LogP contribution in [0.5, 0.6) is 0 Å². The van der Waals surface area contributed by atoms with Gasteiger partial charge in [-0.3, -0.25) is 9.59 Å². The van der Waals surface area contributed by atoms with E-state index in [1.165, 1.54) is 6.92 Å². The van der Waals surface area contributed by atoms with Gasteiger partial charge in [0.1, 0.15) is 23.6 Å². The monoisotopic (exact) mass is 514 g/mol. The molecule has 5 fully saturated rings. The Kier molecular flexibility index (Phi) is 5.07. The fraction of sp³-hybridized carbons (Fsp3) is 0.759. The summed E-state index contributed by atoms with van der Waals surface area (Å²) >= 11 is 0. The number of rotatable bonds is 3. The average Bonchev–Trinajstić information content (AvgIpc) is 3.40. The van der Waals surface area contributed by atoms with Crippen molar-refractivity contribution >= 4 is 17.7 Å². The minimum Gasteiger partial charge on any atom is -0.472 e. The van der Waals surface area contributed by atoms with Crippen molar-refractivity contribution in [1.82, 2.24) is 0 Å². The molecule has 2 saturated heterocycles. The molecule has 0 aromatic carbocycles. The van der Waals surface area contributed by atoms with Crippen LogP contribution in [0.15, 0.2) is 23.0 Å². The van der Waals surface area contributed by atoms with Gasteiger partial charge in [-0.1, -0.05) is 34.6 Å². The number of hydrogen-bond acceptors (Lipinski definition) is 8. The number of hydrogen-bond donors (Lipinski definition) is 0. The van der Waals surface area contributed by atoms with Gasteiger partial charge in [0.2, 0.25) is 0 Å². The van der Waals surface area contributed by atoms with Crippen molar-refractivity contribution < 1.29 is 37.7 Å². The molecule has 37 heavy (non-hydrogen) atoms. The van der Waals surface area contributed by atoms with Crippen molar-refractivity contribution in [2.75, 3.05) is 7.11 Å². The molecule has 0 bridgehead atoms. The third-order valence-electron chi connectivity index (χ3n) is 11.7. The minimum atomic E-state index is -0.891. The van der Waals surface area contributed by atoms with E-state index in [9.17, 15) is 14.4 Å². The van der Waals surface area contributed by atoms with Crippen LogP contribution in [0.25, 0.3) is 0 Å². The van der Waals surface area contributed by atoms with E-state index in [1.54, 1.807) is 19.6 Å². The Labute approximate surface area is 217 Å². The van der Waals surface area contributed by atoms with Gasteiger partial charge >= 0.3 is 11.9 Å². The second kappa shape index (κ2) is 7.47. The number of methoxy groups -OCH3 is 1. The highest BCUT2D eigenvalue weighted by atomic mass is 16.7. The molecule has 1 aromatic heterocycles. The highest BCUT2D eigenvalue weighted by Crippen LogP contribution is 2.80. The van der Waals surface area contributed by atoms with Crippen LogP contribution in [0.4, 0.5) is 0 Å². The highest BCUT2D eigenvalue weighted by molar-refractivity contribution is 5.86. The van der Waals surface area contributed by atoms with E-state index in [1.807, 2.05) is 19.9 Å². The van der Waals surface area contributed by atoms with E-state index in [0.717, 1.165) is 18.4 Å². The predicted molar refractivity (Wildman–Crippen MR) is 130 cm³/mol. The maximum Gasteiger partial charge on any atom is 0.339 e. The Morgan fingerprint density at radius 1 is 1.05 bits per heavy atom. The number of cyclic esters (lactones) is 1. The first-order valence-electron chi connectivity index (χ1n) is 13.4.